The van der Waals surface area contributed by atoms with Gasteiger partial charge in [-0.3, -0.25) is 4.79 Å². The first-order valence-electron chi connectivity index (χ1n) is 9.51. The Morgan fingerprint density at radius 3 is 2.35 bits per heavy atom. The van der Waals surface area contributed by atoms with E-state index in [1.165, 1.54) is 16.7 Å². The molecule has 3 nitrogen and oxygen atoms in total. The van der Waals surface area contributed by atoms with Crippen LogP contribution in [0.25, 0.3) is 0 Å². The minimum atomic E-state index is -0.430. The Bertz CT molecular complexity index is 759. The van der Waals surface area contributed by atoms with Crippen LogP contribution in [0.15, 0.2) is 48.5 Å². The maximum atomic E-state index is 13.0. The summed E-state index contributed by atoms with van der Waals surface area (Å²) in [5.41, 5.74) is 3.97. The van der Waals surface area contributed by atoms with Gasteiger partial charge in [0.1, 0.15) is 5.75 Å². The second kappa shape index (κ2) is 7.53. The number of hydrogen-bond donors (Lipinski definition) is 0. The molecule has 2 aromatic carbocycles. The molecule has 2 aromatic rings. The molecule has 0 bridgehead atoms. The Kier molecular flexibility index (Phi) is 5.36. The number of carbonyl (C=O) groups excluding carboxylic acids is 1. The minimum absolute atomic E-state index is 0.0851. The number of hydrogen-bond acceptors (Lipinski definition) is 2. The van der Waals surface area contributed by atoms with Gasteiger partial charge in [0.25, 0.3) is 5.91 Å². The summed E-state index contributed by atoms with van der Waals surface area (Å²) in [4.78, 5) is 14.9. The molecule has 0 fully saturated rings. The number of amides is 1. The van der Waals surface area contributed by atoms with Crippen LogP contribution in [0.4, 0.5) is 0 Å². The lowest BCUT2D eigenvalue weighted by Crippen LogP contribution is -2.44. The summed E-state index contributed by atoms with van der Waals surface area (Å²) >= 11 is 0. The maximum Gasteiger partial charge on any atom is 0.263 e. The molecular weight excluding hydrogens is 322 g/mol. The van der Waals surface area contributed by atoms with Crippen molar-refractivity contribution in [3.8, 4) is 5.75 Å². The Morgan fingerprint density at radius 2 is 1.73 bits per heavy atom. The number of nitrogens with zero attached hydrogens (tertiary/aromatic N) is 1. The van der Waals surface area contributed by atoms with Crippen molar-refractivity contribution in [2.24, 2.45) is 0 Å². The van der Waals surface area contributed by atoms with Gasteiger partial charge in [0.05, 0.1) is 0 Å². The molecule has 0 saturated carbocycles. The highest BCUT2D eigenvalue weighted by Gasteiger charge is 2.27. The maximum absolute atomic E-state index is 13.0. The molecule has 1 unspecified atom stereocenters. The fraction of sp³-hybridized carbons (Fsp3) is 0.435. The van der Waals surface area contributed by atoms with E-state index < -0.39 is 6.10 Å². The average molecular weight is 351 g/mol. The van der Waals surface area contributed by atoms with Gasteiger partial charge in [-0.15, -0.1) is 0 Å². The van der Waals surface area contributed by atoms with Crippen LogP contribution in [0.2, 0.25) is 0 Å². The van der Waals surface area contributed by atoms with Crippen molar-refractivity contribution in [3.63, 3.8) is 0 Å². The Balaban J connectivity index is 1.68. The lowest BCUT2D eigenvalue weighted by Gasteiger charge is -2.31. The largest absolute Gasteiger partial charge is 0.481 e. The highest BCUT2D eigenvalue weighted by atomic mass is 16.5. The van der Waals surface area contributed by atoms with Crippen LogP contribution in [0.1, 0.15) is 50.8 Å². The van der Waals surface area contributed by atoms with Crippen LogP contribution in [0, 0.1) is 0 Å². The summed E-state index contributed by atoms with van der Waals surface area (Å²) < 4.78 is 6.04. The first-order chi connectivity index (χ1) is 12.4. The van der Waals surface area contributed by atoms with Gasteiger partial charge >= 0.3 is 0 Å². The van der Waals surface area contributed by atoms with Crippen LogP contribution in [-0.4, -0.2) is 23.5 Å². The van der Waals surface area contributed by atoms with Gasteiger partial charge in [-0.05, 0) is 47.1 Å². The molecule has 3 rings (SSSR count). The first kappa shape index (κ1) is 18.5. The van der Waals surface area contributed by atoms with E-state index in [-0.39, 0.29) is 11.3 Å². The van der Waals surface area contributed by atoms with Gasteiger partial charge in [0.2, 0.25) is 0 Å². The van der Waals surface area contributed by atoms with E-state index in [2.05, 4.69) is 51.1 Å². The van der Waals surface area contributed by atoms with Gasteiger partial charge in [-0.1, -0.05) is 64.1 Å². The zero-order valence-corrected chi connectivity index (χ0v) is 16.3. The third-order valence-corrected chi connectivity index (χ3v) is 5.09. The summed E-state index contributed by atoms with van der Waals surface area (Å²) in [5.74, 6) is 0.845. The zero-order chi connectivity index (χ0) is 18.7. The molecule has 26 heavy (non-hydrogen) atoms. The molecule has 0 radical (unpaired) electrons. The Morgan fingerprint density at radius 1 is 1.08 bits per heavy atom. The molecule has 138 valence electrons. The Labute approximate surface area is 157 Å². The molecule has 0 saturated heterocycles. The zero-order valence-electron chi connectivity index (χ0n) is 16.3. The third kappa shape index (κ3) is 4.09. The molecule has 1 aliphatic heterocycles. The SMILES string of the molecule is CCC(Oc1ccc(C(C)(C)C)cc1)C(=O)N1CCc2ccccc2C1. The summed E-state index contributed by atoms with van der Waals surface area (Å²) in [7, 11) is 0. The summed E-state index contributed by atoms with van der Waals surface area (Å²) in [6.07, 6.45) is 1.15. The second-order valence-electron chi connectivity index (χ2n) is 8.07. The van der Waals surface area contributed by atoms with Crippen LogP contribution < -0.4 is 4.74 Å². The predicted octanol–water partition coefficient (Wildman–Crippen LogP) is 4.73. The van der Waals surface area contributed by atoms with Crippen molar-refractivity contribution in [1.29, 1.82) is 0 Å². The highest BCUT2D eigenvalue weighted by Crippen LogP contribution is 2.26. The van der Waals surface area contributed by atoms with Crippen LogP contribution in [-0.2, 0) is 23.2 Å². The highest BCUT2D eigenvalue weighted by molar-refractivity contribution is 5.81. The van der Waals surface area contributed by atoms with Gasteiger partial charge in [0.15, 0.2) is 6.10 Å². The van der Waals surface area contributed by atoms with E-state index in [0.717, 1.165) is 18.7 Å². The van der Waals surface area contributed by atoms with E-state index in [1.54, 1.807) is 0 Å². The summed E-state index contributed by atoms with van der Waals surface area (Å²) in [5, 5.41) is 0. The van der Waals surface area contributed by atoms with Crippen molar-refractivity contribution < 1.29 is 9.53 Å². The average Bonchev–Trinajstić information content (AvgIpc) is 2.65. The monoisotopic (exact) mass is 351 g/mol. The van der Waals surface area contributed by atoms with E-state index in [9.17, 15) is 4.79 Å². The number of carbonyl (C=O) groups is 1. The molecule has 0 aliphatic carbocycles. The van der Waals surface area contributed by atoms with E-state index in [0.29, 0.717) is 13.0 Å². The standard InChI is InChI=1S/C23H29NO2/c1-5-21(26-20-12-10-19(11-13-20)23(2,3)4)22(25)24-15-14-17-8-6-7-9-18(17)16-24/h6-13,21H,5,14-16H2,1-4H3. The van der Waals surface area contributed by atoms with Crippen molar-refractivity contribution in [3.05, 3.63) is 65.2 Å². The number of fused-ring (bicyclic) bond motifs is 1. The molecule has 1 atom stereocenters. The van der Waals surface area contributed by atoms with E-state index in [4.69, 9.17) is 4.74 Å². The molecule has 1 amide bonds. The molecule has 3 heteroatoms. The number of rotatable bonds is 4. The van der Waals surface area contributed by atoms with E-state index in [1.807, 2.05) is 30.0 Å². The fourth-order valence-electron chi connectivity index (χ4n) is 3.39. The van der Waals surface area contributed by atoms with Gasteiger partial charge in [-0.2, -0.15) is 0 Å². The number of benzene rings is 2. The lowest BCUT2D eigenvalue weighted by molar-refractivity contribution is -0.139. The van der Waals surface area contributed by atoms with Gasteiger partial charge in [0, 0.05) is 13.1 Å². The van der Waals surface area contributed by atoms with Gasteiger partial charge in [-0.25, -0.2) is 0 Å². The molecule has 1 heterocycles. The molecule has 0 aromatic heterocycles. The normalized spacial score (nSPS) is 15.3. The predicted molar refractivity (Wildman–Crippen MR) is 105 cm³/mol. The van der Waals surface area contributed by atoms with Crippen molar-refractivity contribution in [2.75, 3.05) is 6.54 Å². The van der Waals surface area contributed by atoms with Gasteiger partial charge < -0.3 is 9.64 Å². The van der Waals surface area contributed by atoms with Crippen LogP contribution in [0.3, 0.4) is 0 Å². The molecule has 1 aliphatic rings. The second-order valence-corrected chi connectivity index (χ2v) is 8.07. The quantitative estimate of drug-likeness (QED) is 0.797. The molecule has 0 spiro atoms. The van der Waals surface area contributed by atoms with Crippen molar-refractivity contribution in [1.82, 2.24) is 4.90 Å². The topological polar surface area (TPSA) is 29.5 Å². The van der Waals surface area contributed by atoms with Crippen LogP contribution in [0.5, 0.6) is 5.75 Å². The molecular formula is C23H29NO2. The number of ether oxygens (including phenoxy) is 1. The van der Waals surface area contributed by atoms with Crippen molar-refractivity contribution >= 4 is 5.91 Å². The minimum Gasteiger partial charge on any atom is -0.481 e. The third-order valence-electron chi connectivity index (χ3n) is 5.09. The summed E-state index contributed by atoms with van der Waals surface area (Å²) in [6, 6.07) is 16.5. The lowest BCUT2D eigenvalue weighted by atomic mass is 9.87. The Hall–Kier alpha value is -2.29. The fourth-order valence-corrected chi connectivity index (χ4v) is 3.39. The smallest absolute Gasteiger partial charge is 0.263 e. The van der Waals surface area contributed by atoms with E-state index >= 15 is 0 Å². The molecule has 0 N–H and O–H groups in total. The summed E-state index contributed by atoms with van der Waals surface area (Å²) in [6.45, 7) is 10.0. The van der Waals surface area contributed by atoms with Crippen LogP contribution >= 0.6 is 0 Å². The van der Waals surface area contributed by atoms with Crippen molar-refractivity contribution in [2.45, 2.75) is 58.6 Å². The first-order valence-corrected chi connectivity index (χ1v) is 9.51.